The van der Waals surface area contributed by atoms with Crippen molar-refractivity contribution in [2.24, 2.45) is 16.9 Å². The number of imide groups is 1. The Morgan fingerprint density at radius 2 is 1.66 bits per heavy atom. The number of hydrogen-bond acceptors (Lipinski definition) is 8. The molecule has 0 unspecified atom stereocenters. The van der Waals surface area contributed by atoms with Gasteiger partial charge in [-0.15, -0.1) is 0 Å². The fourth-order valence-electron chi connectivity index (χ4n) is 6.02. The van der Waals surface area contributed by atoms with Crippen LogP contribution in [-0.2, 0) is 9.59 Å². The molecule has 4 heterocycles. The summed E-state index contributed by atoms with van der Waals surface area (Å²) in [5.41, 5.74) is 2.55. The average molecular weight is 510 g/mol. The van der Waals surface area contributed by atoms with Crippen molar-refractivity contribution >= 4 is 29.5 Å². The van der Waals surface area contributed by atoms with Gasteiger partial charge in [-0.05, 0) is 47.5 Å². The maximum Gasteiger partial charge on any atom is 0.240 e. The molecule has 0 aromatic heterocycles. The zero-order valence-corrected chi connectivity index (χ0v) is 20.4. The summed E-state index contributed by atoms with van der Waals surface area (Å²) in [4.78, 5) is 43.3. The molecule has 2 amide bonds. The number of amides is 2. The van der Waals surface area contributed by atoms with Gasteiger partial charge in [0, 0.05) is 11.6 Å². The van der Waals surface area contributed by atoms with Crippen LogP contribution in [0.5, 0.6) is 17.2 Å². The molecule has 3 aromatic rings. The maximum absolute atomic E-state index is 14.1. The first-order valence-electron chi connectivity index (χ1n) is 12.4. The van der Waals surface area contributed by atoms with Crippen LogP contribution in [0.4, 0.5) is 5.69 Å². The lowest BCUT2D eigenvalue weighted by atomic mass is 9.83. The summed E-state index contributed by atoms with van der Waals surface area (Å²) in [6.45, 7) is 0.818. The first kappa shape index (κ1) is 22.5. The average Bonchev–Trinajstić information content (AvgIpc) is 3.44. The van der Waals surface area contributed by atoms with E-state index < -0.39 is 29.8 Å². The van der Waals surface area contributed by atoms with Crippen LogP contribution in [0.2, 0.25) is 0 Å². The Bertz CT molecular complexity index is 1520. The highest BCUT2D eigenvalue weighted by Crippen LogP contribution is 2.53. The SMILES string of the molecule is COc1ccc(C(=O)[C@@H]2[C@@H]3C(=O)N(c4ccc5c(c4)OCCO5)C(=O)[C@H]3[C@@H]3c4ccccc4C=NN23)cc1. The van der Waals surface area contributed by atoms with E-state index in [1.165, 1.54) is 4.90 Å². The van der Waals surface area contributed by atoms with Crippen molar-refractivity contribution in [3.63, 3.8) is 0 Å². The lowest BCUT2D eigenvalue weighted by Gasteiger charge is -2.34. The summed E-state index contributed by atoms with van der Waals surface area (Å²) in [6, 6.07) is 17.9. The molecule has 0 spiro atoms. The molecule has 4 aliphatic rings. The van der Waals surface area contributed by atoms with Gasteiger partial charge in [-0.25, -0.2) is 4.90 Å². The fourth-order valence-corrected chi connectivity index (χ4v) is 6.02. The minimum absolute atomic E-state index is 0.271. The third-order valence-corrected chi connectivity index (χ3v) is 7.72. The monoisotopic (exact) mass is 509 g/mol. The van der Waals surface area contributed by atoms with Gasteiger partial charge in [-0.3, -0.25) is 19.4 Å². The number of ketones is 1. The van der Waals surface area contributed by atoms with E-state index in [0.717, 1.165) is 11.1 Å². The van der Waals surface area contributed by atoms with Crippen molar-refractivity contribution < 1.29 is 28.6 Å². The molecule has 2 fully saturated rings. The van der Waals surface area contributed by atoms with Gasteiger partial charge in [-0.2, -0.15) is 5.10 Å². The highest BCUT2D eigenvalue weighted by Gasteiger charge is 2.65. The summed E-state index contributed by atoms with van der Waals surface area (Å²) in [6.07, 6.45) is 1.69. The number of nitrogens with zero attached hydrogens (tertiary/aromatic N) is 3. The van der Waals surface area contributed by atoms with Gasteiger partial charge in [0.05, 0.1) is 36.9 Å². The fraction of sp³-hybridized carbons (Fsp3) is 0.241. The van der Waals surface area contributed by atoms with Crippen LogP contribution >= 0.6 is 0 Å². The van der Waals surface area contributed by atoms with Gasteiger partial charge in [0.2, 0.25) is 11.8 Å². The summed E-state index contributed by atoms with van der Waals surface area (Å²) < 4.78 is 16.5. The highest BCUT2D eigenvalue weighted by atomic mass is 16.6. The standard InChI is InChI=1S/C29H23N3O6/c1-36-19-9-6-16(7-10-19)27(33)26-24-23(25-20-5-3-2-4-17(20)15-30-32(25)26)28(34)31(29(24)35)18-8-11-21-22(14-18)38-13-12-37-21/h2-11,14-15,23-26H,12-13H2,1H3/t23-,24-,25+,26+/m1/s1. The Morgan fingerprint density at radius 3 is 2.45 bits per heavy atom. The molecule has 0 aliphatic carbocycles. The molecular formula is C29H23N3O6. The molecule has 0 N–H and O–H groups in total. The molecule has 7 rings (SSSR count). The lowest BCUT2D eigenvalue weighted by molar-refractivity contribution is -0.124. The van der Waals surface area contributed by atoms with Crippen LogP contribution in [0.15, 0.2) is 71.8 Å². The number of anilines is 1. The lowest BCUT2D eigenvalue weighted by Crippen LogP contribution is -2.44. The minimum atomic E-state index is -0.943. The Hall–Kier alpha value is -4.66. The van der Waals surface area contributed by atoms with Crippen molar-refractivity contribution in [2.45, 2.75) is 12.1 Å². The Balaban J connectivity index is 1.33. The highest BCUT2D eigenvalue weighted by molar-refractivity contribution is 6.24. The number of ether oxygens (including phenoxy) is 3. The molecule has 38 heavy (non-hydrogen) atoms. The Labute approximate surface area is 218 Å². The van der Waals surface area contributed by atoms with Crippen LogP contribution in [0.1, 0.15) is 27.5 Å². The number of fused-ring (bicyclic) bond motifs is 6. The molecule has 4 aliphatic heterocycles. The summed E-state index contributed by atoms with van der Waals surface area (Å²) in [7, 11) is 1.55. The van der Waals surface area contributed by atoms with Gasteiger partial charge in [0.15, 0.2) is 17.3 Å². The third-order valence-electron chi connectivity index (χ3n) is 7.72. The third kappa shape index (κ3) is 3.17. The van der Waals surface area contributed by atoms with E-state index in [-0.39, 0.29) is 11.7 Å². The number of rotatable bonds is 4. The van der Waals surface area contributed by atoms with E-state index in [1.54, 1.807) is 60.8 Å². The van der Waals surface area contributed by atoms with Crippen molar-refractivity contribution in [2.75, 3.05) is 25.2 Å². The normalized spacial score (nSPS) is 24.7. The number of methoxy groups -OCH3 is 1. The molecule has 0 bridgehead atoms. The number of carbonyl (C=O) groups is 3. The molecule has 190 valence electrons. The molecule has 9 nitrogen and oxygen atoms in total. The van der Waals surface area contributed by atoms with Gasteiger partial charge >= 0.3 is 0 Å². The van der Waals surface area contributed by atoms with Gasteiger partial charge in [0.25, 0.3) is 0 Å². The van der Waals surface area contributed by atoms with Crippen molar-refractivity contribution in [3.8, 4) is 17.2 Å². The van der Waals surface area contributed by atoms with Gasteiger partial charge in [-0.1, -0.05) is 24.3 Å². The number of Topliss-reactive ketones (excluding diaryl/α,β-unsaturated/α-hetero) is 1. The number of carbonyl (C=O) groups excluding carboxylic acids is 3. The van der Waals surface area contributed by atoms with Crippen LogP contribution in [0.3, 0.4) is 0 Å². The second-order valence-electron chi connectivity index (χ2n) is 9.63. The summed E-state index contributed by atoms with van der Waals surface area (Å²) in [5, 5.41) is 6.26. The predicted octanol–water partition coefficient (Wildman–Crippen LogP) is 3.23. The van der Waals surface area contributed by atoms with Gasteiger partial charge < -0.3 is 14.2 Å². The summed E-state index contributed by atoms with van der Waals surface area (Å²) >= 11 is 0. The van der Waals surface area contributed by atoms with E-state index in [9.17, 15) is 14.4 Å². The second-order valence-corrected chi connectivity index (χ2v) is 9.63. The topological polar surface area (TPSA) is 97.7 Å². The number of hydrazone groups is 1. The van der Waals surface area contributed by atoms with E-state index in [0.29, 0.717) is 41.7 Å². The van der Waals surface area contributed by atoms with Crippen LogP contribution in [0, 0.1) is 11.8 Å². The van der Waals surface area contributed by atoms with Crippen molar-refractivity contribution in [1.82, 2.24) is 5.01 Å². The van der Waals surface area contributed by atoms with E-state index in [2.05, 4.69) is 5.10 Å². The van der Waals surface area contributed by atoms with E-state index >= 15 is 0 Å². The van der Waals surface area contributed by atoms with Crippen LogP contribution in [0.25, 0.3) is 0 Å². The quantitative estimate of drug-likeness (QED) is 0.394. The molecule has 0 saturated carbocycles. The van der Waals surface area contributed by atoms with Crippen molar-refractivity contribution in [1.29, 1.82) is 0 Å². The van der Waals surface area contributed by atoms with Crippen molar-refractivity contribution in [3.05, 3.63) is 83.4 Å². The number of hydrogen-bond donors (Lipinski definition) is 0. The predicted molar refractivity (Wildman–Crippen MR) is 137 cm³/mol. The van der Waals surface area contributed by atoms with Crippen LogP contribution < -0.4 is 19.1 Å². The molecule has 2 saturated heterocycles. The minimum Gasteiger partial charge on any atom is -0.497 e. The Kier molecular flexibility index (Phi) is 5.01. The van der Waals surface area contributed by atoms with E-state index in [4.69, 9.17) is 14.2 Å². The molecule has 0 radical (unpaired) electrons. The van der Waals surface area contributed by atoms with Crippen LogP contribution in [-0.4, -0.2) is 55.2 Å². The zero-order valence-electron chi connectivity index (χ0n) is 20.4. The largest absolute Gasteiger partial charge is 0.497 e. The summed E-state index contributed by atoms with van der Waals surface area (Å²) in [5.74, 6) is -1.08. The number of benzene rings is 3. The maximum atomic E-state index is 14.1. The molecule has 3 aromatic carbocycles. The molecular weight excluding hydrogens is 486 g/mol. The van der Waals surface area contributed by atoms with E-state index in [1.807, 2.05) is 24.3 Å². The zero-order chi connectivity index (χ0) is 26.0. The second kappa shape index (κ2) is 8.44. The molecule has 9 heteroatoms. The molecule has 4 atom stereocenters. The Morgan fingerprint density at radius 1 is 0.921 bits per heavy atom. The smallest absolute Gasteiger partial charge is 0.240 e. The first-order valence-corrected chi connectivity index (χ1v) is 12.4. The first-order chi connectivity index (χ1) is 18.6. The van der Waals surface area contributed by atoms with Gasteiger partial charge in [0.1, 0.15) is 25.0 Å².